The summed E-state index contributed by atoms with van der Waals surface area (Å²) >= 11 is 3.54. The van der Waals surface area contributed by atoms with Gasteiger partial charge in [0.1, 0.15) is 0 Å². The normalized spacial score (nSPS) is 10.9. The van der Waals surface area contributed by atoms with Crippen LogP contribution in [-0.4, -0.2) is 30.1 Å². The number of ether oxygens (including phenoxy) is 2. The van der Waals surface area contributed by atoms with Crippen molar-refractivity contribution < 1.29 is 9.47 Å². The molecule has 0 amide bonds. The minimum atomic E-state index is 0.563. The van der Waals surface area contributed by atoms with E-state index < -0.39 is 0 Å². The first kappa shape index (κ1) is 12.7. The molecular formula is C10H17BrN2O2. The van der Waals surface area contributed by atoms with Crippen molar-refractivity contribution in [3.63, 3.8) is 0 Å². The Labute approximate surface area is 98.7 Å². The fraction of sp³-hybridized carbons (Fsp3) is 0.700. The van der Waals surface area contributed by atoms with Crippen LogP contribution in [0.2, 0.25) is 0 Å². The molecule has 0 bridgehead atoms. The molecule has 0 saturated heterocycles. The minimum Gasteiger partial charge on any atom is -0.382 e. The molecule has 0 radical (unpaired) electrons. The Kier molecular flexibility index (Phi) is 5.28. The third kappa shape index (κ3) is 3.29. The summed E-state index contributed by atoms with van der Waals surface area (Å²) in [6.07, 6.45) is 0.923. The number of aromatic nitrogens is 2. The second-order valence-electron chi connectivity index (χ2n) is 3.23. The lowest BCUT2D eigenvalue weighted by Crippen LogP contribution is -2.05. The van der Waals surface area contributed by atoms with Crippen molar-refractivity contribution in [1.29, 1.82) is 0 Å². The molecule has 0 saturated carbocycles. The summed E-state index contributed by atoms with van der Waals surface area (Å²) in [6.45, 7) is 3.88. The monoisotopic (exact) mass is 276 g/mol. The molecule has 5 heteroatoms. The minimum absolute atomic E-state index is 0.563. The highest BCUT2D eigenvalue weighted by Gasteiger charge is 2.11. The molecule has 1 rings (SSSR count). The second kappa shape index (κ2) is 6.25. The summed E-state index contributed by atoms with van der Waals surface area (Å²) in [5.74, 6) is 0. The van der Waals surface area contributed by atoms with Crippen LogP contribution in [0.3, 0.4) is 0 Å². The maximum atomic E-state index is 5.46. The Morgan fingerprint density at radius 1 is 1.40 bits per heavy atom. The van der Waals surface area contributed by atoms with E-state index in [4.69, 9.17) is 9.47 Å². The van der Waals surface area contributed by atoms with E-state index >= 15 is 0 Å². The van der Waals surface area contributed by atoms with Crippen molar-refractivity contribution in [3.8, 4) is 0 Å². The molecule has 0 fully saturated rings. The fourth-order valence-corrected chi connectivity index (χ4v) is 2.02. The highest BCUT2D eigenvalue weighted by Crippen LogP contribution is 2.21. The SMILES string of the molecule is CCc1nn(C)c(COCCOC)c1Br. The Morgan fingerprint density at radius 2 is 2.13 bits per heavy atom. The first-order chi connectivity index (χ1) is 7.20. The van der Waals surface area contributed by atoms with Crippen LogP contribution in [0.5, 0.6) is 0 Å². The largest absolute Gasteiger partial charge is 0.382 e. The summed E-state index contributed by atoms with van der Waals surface area (Å²) in [4.78, 5) is 0. The standard InChI is InChI=1S/C10H17BrN2O2/c1-4-8-10(11)9(13(2)12-8)7-15-6-5-14-3/h4-7H2,1-3H3. The quantitative estimate of drug-likeness (QED) is 0.745. The van der Waals surface area contributed by atoms with Crippen molar-refractivity contribution in [2.75, 3.05) is 20.3 Å². The van der Waals surface area contributed by atoms with Gasteiger partial charge < -0.3 is 9.47 Å². The van der Waals surface area contributed by atoms with Gasteiger partial charge in [-0.3, -0.25) is 4.68 Å². The molecule has 86 valence electrons. The predicted octanol–water partition coefficient (Wildman–Crippen LogP) is 1.91. The summed E-state index contributed by atoms with van der Waals surface area (Å²) in [5, 5.41) is 4.39. The van der Waals surface area contributed by atoms with Gasteiger partial charge in [0, 0.05) is 14.2 Å². The van der Waals surface area contributed by atoms with E-state index in [1.165, 1.54) is 0 Å². The molecule has 1 aromatic heterocycles. The zero-order valence-electron chi connectivity index (χ0n) is 9.42. The van der Waals surface area contributed by atoms with Gasteiger partial charge in [-0.05, 0) is 22.4 Å². The molecule has 0 spiro atoms. The van der Waals surface area contributed by atoms with Gasteiger partial charge in [-0.2, -0.15) is 5.10 Å². The zero-order valence-corrected chi connectivity index (χ0v) is 11.0. The fourth-order valence-electron chi connectivity index (χ4n) is 1.29. The van der Waals surface area contributed by atoms with Crippen LogP contribution in [-0.2, 0) is 29.5 Å². The van der Waals surface area contributed by atoms with Gasteiger partial charge in [-0.25, -0.2) is 0 Å². The van der Waals surface area contributed by atoms with Crippen molar-refractivity contribution >= 4 is 15.9 Å². The molecule has 1 aromatic rings. The van der Waals surface area contributed by atoms with Crippen LogP contribution in [0, 0.1) is 0 Å². The first-order valence-electron chi connectivity index (χ1n) is 4.97. The number of aryl methyl sites for hydroxylation is 2. The van der Waals surface area contributed by atoms with Crippen LogP contribution in [0.15, 0.2) is 4.47 Å². The number of halogens is 1. The Morgan fingerprint density at radius 3 is 2.67 bits per heavy atom. The number of methoxy groups -OCH3 is 1. The molecule has 1 heterocycles. The maximum absolute atomic E-state index is 5.46. The molecule has 0 aromatic carbocycles. The molecule has 0 aliphatic carbocycles. The molecule has 0 aliphatic rings. The lowest BCUT2D eigenvalue weighted by atomic mass is 10.3. The zero-order chi connectivity index (χ0) is 11.3. The molecule has 4 nitrogen and oxygen atoms in total. The summed E-state index contributed by atoms with van der Waals surface area (Å²) < 4.78 is 13.3. The van der Waals surface area contributed by atoms with Gasteiger partial charge in [0.25, 0.3) is 0 Å². The van der Waals surface area contributed by atoms with Gasteiger partial charge in [0.2, 0.25) is 0 Å². The first-order valence-corrected chi connectivity index (χ1v) is 5.76. The molecule has 15 heavy (non-hydrogen) atoms. The Balaban J connectivity index is 2.56. The predicted molar refractivity (Wildman–Crippen MR) is 61.8 cm³/mol. The van der Waals surface area contributed by atoms with Crippen molar-refractivity contribution in [2.45, 2.75) is 20.0 Å². The molecular weight excluding hydrogens is 260 g/mol. The molecule has 0 aliphatic heterocycles. The van der Waals surface area contributed by atoms with Crippen LogP contribution >= 0.6 is 15.9 Å². The van der Waals surface area contributed by atoms with E-state index in [1.54, 1.807) is 7.11 Å². The van der Waals surface area contributed by atoms with Gasteiger partial charge in [0.05, 0.1) is 35.7 Å². The summed E-state index contributed by atoms with van der Waals surface area (Å²) in [6, 6.07) is 0. The van der Waals surface area contributed by atoms with Crippen molar-refractivity contribution in [1.82, 2.24) is 9.78 Å². The van der Waals surface area contributed by atoms with E-state index in [1.807, 2.05) is 11.7 Å². The number of hydrogen-bond donors (Lipinski definition) is 0. The number of rotatable bonds is 6. The molecule has 0 N–H and O–H groups in total. The molecule has 0 atom stereocenters. The highest BCUT2D eigenvalue weighted by atomic mass is 79.9. The van der Waals surface area contributed by atoms with Gasteiger partial charge in [-0.1, -0.05) is 6.92 Å². The number of hydrogen-bond acceptors (Lipinski definition) is 3. The highest BCUT2D eigenvalue weighted by molar-refractivity contribution is 9.10. The third-order valence-corrected chi connectivity index (χ3v) is 3.09. The third-order valence-electron chi connectivity index (χ3n) is 2.17. The lowest BCUT2D eigenvalue weighted by molar-refractivity contribution is 0.0586. The topological polar surface area (TPSA) is 36.3 Å². The average molecular weight is 277 g/mol. The van der Waals surface area contributed by atoms with E-state index in [0.717, 1.165) is 22.3 Å². The summed E-state index contributed by atoms with van der Waals surface area (Å²) in [5.41, 5.74) is 2.14. The van der Waals surface area contributed by atoms with Gasteiger partial charge in [0.15, 0.2) is 0 Å². The van der Waals surface area contributed by atoms with E-state index in [-0.39, 0.29) is 0 Å². The number of nitrogens with zero attached hydrogens (tertiary/aromatic N) is 2. The van der Waals surface area contributed by atoms with E-state index in [2.05, 4.69) is 28.0 Å². The average Bonchev–Trinajstić information content (AvgIpc) is 2.50. The van der Waals surface area contributed by atoms with Gasteiger partial charge >= 0.3 is 0 Å². The lowest BCUT2D eigenvalue weighted by Gasteiger charge is -2.04. The smallest absolute Gasteiger partial charge is 0.0897 e. The van der Waals surface area contributed by atoms with E-state index in [0.29, 0.717) is 19.8 Å². The van der Waals surface area contributed by atoms with Crippen LogP contribution in [0.25, 0.3) is 0 Å². The molecule has 0 unspecified atom stereocenters. The van der Waals surface area contributed by atoms with Crippen molar-refractivity contribution in [3.05, 3.63) is 15.9 Å². The van der Waals surface area contributed by atoms with Crippen molar-refractivity contribution in [2.24, 2.45) is 7.05 Å². The Hall–Kier alpha value is -0.390. The Bertz CT molecular complexity index is 313. The van der Waals surface area contributed by atoms with Crippen LogP contribution < -0.4 is 0 Å². The van der Waals surface area contributed by atoms with Crippen LogP contribution in [0.4, 0.5) is 0 Å². The van der Waals surface area contributed by atoms with Gasteiger partial charge in [-0.15, -0.1) is 0 Å². The summed E-state index contributed by atoms with van der Waals surface area (Å²) in [7, 11) is 3.59. The van der Waals surface area contributed by atoms with Crippen LogP contribution in [0.1, 0.15) is 18.3 Å². The van der Waals surface area contributed by atoms with E-state index in [9.17, 15) is 0 Å². The maximum Gasteiger partial charge on any atom is 0.0897 e. The second-order valence-corrected chi connectivity index (χ2v) is 4.02.